The van der Waals surface area contributed by atoms with Crippen molar-refractivity contribution in [3.8, 4) is 11.3 Å². The molecule has 4 heteroatoms. The number of benzene rings is 2. The van der Waals surface area contributed by atoms with E-state index in [9.17, 15) is 10.1 Å². The number of aryl methyl sites for hydroxylation is 3. The average molecular weight is 278 g/mol. The predicted octanol–water partition coefficient (Wildman–Crippen LogP) is 4.08. The zero-order valence-electron chi connectivity index (χ0n) is 11.7. The van der Waals surface area contributed by atoms with Gasteiger partial charge in [-0.15, -0.1) is 0 Å². The van der Waals surface area contributed by atoms with E-state index in [0.717, 1.165) is 40.7 Å². The van der Waals surface area contributed by atoms with Gasteiger partial charge >= 0.3 is 5.69 Å². The fourth-order valence-corrected chi connectivity index (χ4v) is 3.34. The number of aromatic nitrogens is 1. The van der Waals surface area contributed by atoms with Crippen LogP contribution in [0.2, 0.25) is 0 Å². The first-order chi connectivity index (χ1) is 10.2. The lowest BCUT2D eigenvalue weighted by Gasteiger charge is -2.19. The van der Waals surface area contributed by atoms with E-state index >= 15 is 0 Å². The molecule has 21 heavy (non-hydrogen) atoms. The second kappa shape index (κ2) is 4.19. The van der Waals surface area contributed by atoms with Crippen LogP contribution in [0.5, 0.6) is 0 Å². The van der Waals surface area contributed by atoms with E-state index in [1.807, 2.05) is 43.3 Å². The summed E-state index contributed by atoms with van der Waals surface area (Å²) in [6, 6.07) is 13.9. The molecule has 0 aliphatic carbocycles. The minimum absolute atomic E-state index is 0.237. The normalized spacial score (nSPS) is 13.0. The first-order valence-corrected chi connectivity index (χ1v) is 7.02. The van der Waals surface area contributed by atoms with Crippen molar-refractivity contribution < 1.29 is 4.92 Å². The summed E-state index contributed by atoms with van der Waals surface area (Å²) in [7, 11) is 0. The van der Waals surface area contributed by atoms with Gasteiger partial charge in [-0.25, -0.2) is 0 Å². The summed E-state index contributed by atoms with van der Waals surface area (Å²) in [5.74, 6) is 0. The van der Waals surface area contributed by atoms with Crippen LogP contribution >= 0.6 is 0 Å². The number of fused-ring (bicyclic) bond motifs is 5. The van der Waals surface area contributed by atoms with Gasteiger partial charge in [-0.2, -0.15) is 0 Å². The highest BCUT2D eigenvalue weighted by Gasteiger charge is 2.30. The van der Waals surface area contributed by atoms with Crippen molar-refractivity contribution in [2.45, 2.75) is 19.9 Å². The highest BCUT2D eigenvalue weighted by molar-refractivity contribution is 5.99. The third-order valence-corrected chi connectivity index (χ3v) is 4.25. The summed E-state index contributed by atoms with van der Waals surface area (Å²) < 4.78 is 2.09. The molecule has 0 amide bonds. The van der Waals surface area contributed by atoms with Crippen molar-refractivity contribution in [1.82, 2.24) is 4.57 Å². The third-order valence-electron chi connectivity index (χ3n) is 4.25. The Morgan fingerprint density at radius 3 is 2.81 bits per heavy atom. The van der Waals surface area contributed by atoms with Gasteiger partial charge in [0.1, 0.15) is 5.69 Å². The van der Waals surface area contributed by atoms with Crippen molar-refractivity contribution in [2.75, 3.05) is 0 Å². The van der Waals surface area contributed by atoms with Gasteiger partial charge in [0.2, 0.25) is 0 Å². The fourth-order valence-electron chi connectivity index (χ4n) is 3.34. The molecule has 0 fully saturated rings. The minimum Gasteiger partial charge on any atom is -0.334 e. The summed E-state index contributed by atoms with van der Waals surface area (Å²) in [6.07, 6.45) is 0.915. The molecule has 1 aliphatic heterocycles. The van der Waals surface area contributed by atoms with Crippen molar-refractivity contribution in [3.63, 3.8) is 0 Å². The first-order valence-electron chi connectivity index (χ1n) is 7.02. The number of hydrogen-bond acceptors (Lipinski definition) is 2. The Labute approximate surface area is 121 Å². The van der Waals surface area contributed by atoms with Gasteiger partial charge in [-0.1, -0.05) is 35.9 Å². The number of nitrogens with zero attached hydrogens (tertiary/aromatic N) is 2. The number of hydrogen-bond donors (Lipinski definition) is 0. The summed E-state index contributed by atoms with van der Waals surface area (Å²) in [5.41, 5.74) is 5.17. The average Bonchev–Trinajstić information content (AvgIpc) is 2.81. The molecule has 3 aromatic rings. The minimum atomic E-state index is -0.240. The van der Waals surface area contributed by atoms with Crippen LogP contribution in [0.15, 0.2) is 42.5 Å². The van der Waals surface area contributed by atoms with Crippen LogP contribution in [0.3, 0.4) is 0 Å². The Balaban J connectivity index is 2.18. The van der Waals surface area contributed by atoms with E-state index in [1.54, 1.807) is 0 Å². The van der Waals surface area contributed by atoms with Gasteiger partial charge < -0.3 is 4.57 Å². The highest BCUT2D eigenvalue weighted by atomic mass is 16.6. The van der Waals surface area contributed by atoms with Crippen LogP contribution in [0, 0.1) is 17.0 Å². The first kappa shape index (κ1) is 12.1. The van der Waals surface area contributed by atoms with Gasteiger partial charge in [-0.05, 0) is 31.0 Å². The zero-order chi connectivity index (χ0) is 14.6. The molecule has 0 radical (unpaired) electrons. The number of nitro groups is 1. The highest BCUT2D eigenvalue weighted by Crippen LogP contribution is 2.43. The van der Waals surface area contributed by atoms with Crippen LogP contribution in [-0.4, -0.2) is 9.49 Å². The molecule has 1 aliphatic rings. The van der Waals surface area contributed by atoms with E-state index in [1.165, 1.54) is 5.56 Å². The molecule has 4 nitrogen and oxygen atoms in total. The maximum Gasteiger partial charge on any atom is 0.302 e. The summed E-state index contributed by atoms with van der Waals surface area (Å²) in [5, 5.41) is 12.4. The Kier molecular flexibility index (Phi) is 2.42. The fraction of sp³-hybridized carbons (Fsp3) is 0.176. The largest absolute Gasteiger partial charge is 0.334 e. The molecule has 4 rings (SSSR count). The standard InChI is InChI=1S/C17H14N2O2/c1-11-6-7-15-14(10-11)17(19(20)21)16-13-5-3-2-4-12(13)8-9-18(15)16/h2-7,10H,8-9H2,1H3. The lowest BCUT2D eigenvalue weighted by Crippen LogP contribution is -2.10. The Hall–Kier alpha value is -2.62. The topological polar surface area (TPSA) is 48.1 Å². The van der Waals surface area contributed by atoms with E-state index in [0.29, 0.717) is 0 Å². The molecule has 104 valence electrons. The molecular formula is C17H14N2O2. The monoisotopic (exact) mass is 278 g/mol. The molecule has 0 N–H and O–H groups in total. The molecule has 2 heterocycles. The molecule has 0 unspecified atom stereocenters. The predicted molar refractivity (Wildman–Crippen MR) is 82.5 cm³/mol. The van der Waals surface area contributed by atoms with Crippen LogP contribution in [0.4, 0.5) is 5.69 Å². The number of rotatable bonds is 1. The van der Waals surface area contributed by atoms with Gasteiger partial charge in [-0.3, -0.25) is 10.1 Å². The van der Waals surface area contributed by atoms with Crippen LogP contribution < -0.4 is 0 Å². The Morgan fingerprint density at radius 1 is 1.19 bits per heavy atom. The molecular weight excluding hydrogens is 264 g/mol. The lowest BCUT2D eigenvalue weighted by atomic mass is 9.98. The van der Waals surface area contributed by atoms with Gasteiger partial charge in [0.25, 0.3) is 0 Å². The Bertz CT molecular complexity index is 893. The lowest BCUT2D eigenvalue weighted by molar-refractivity contribution is -0.382. The zero-order valence-corrected chi connectivity index (χ0v) is 11.7. The quantitative estimate of drug-likeness (QED) is 0.497. The van der Waals surface area contributed by atoms with Crippen molar-refractivity contribution >= 4 is 16.6 Å². The van der Waals surface area contributed by atoms with E-state index in [-0.39, 0.29) is 10.6 Å². The van der Waals surface area contributed by atoms with Gasteiger partial charge in [0.05, 0.1) is 15.8 Å². The summed E-state index contributed by atoms with van der Waals surface area (Å²) in [6.45, 7) is 2.76. The van der Waals surface area contributed by atoms with E-state index in [4.69, 9.17) is 0 Å². The molecule has 1 aromatic heterocycles. The van der Waals surface area contributed by atoms with E-state index in [2.05, 4.69) is 10.6 Å². The van der Waals surface area contributed by atoms with Crippen LogP contribution in [0.1, 0.15) is 11.1 Å². The molecule has 0 saturated heterocycles. The Morgan fingerprint density at radius 2 is 2.00 bits per heavy atom. The van der Waals surface area contributed by atoms with Crippen molar-refractivity contribution in [2.24, 2.45) is 0 Å². The second-order valence-electron chi connectivity index (χ2n) is 5.53. The maximum absolute atomic E-state index is 11.7. The summed E-state index contributed by atoms with van der Waals surface area (Å²) >= 11 is 0. The summed E-state index contributed by atoms with van der Waals surface area (Å²) in [4.78, 5) is 11.4. The van der Waals surface area contributed by atoms with E-state index < -0.39 is 0 Å². The molecule has 2 aromatic carbocycles. The third kappa shape index (κ3) is 1.62. The second-order valence-corrected chi connectivity index (χ2v) is 5.53. The maximum atomic E-state index is 11.7. The molecule has 0 atom stereocenters. The molecule has 0 spiro atoms. The molecule has 0 saturated carbocycles. The van der Waals surface area contributed by atoms with Crippen molar-refractivity contribution in [3.05, 3.63) is 63.7 Å². The van der Waals surface area contributed by atoms with Gasteiger partial charge in [0.15, 0.2) is 0 Å². The van der Waals surface area contributed by atoms with Crippen LogP contribution in [0.25, 0.3) is 22.2 Å². The smallest absolute Gasteiger partial charge is 0.302 e. The van der Waals surface area contributed by atoms with Crippen LogP contribution in [-0.2, 0) is 13.0 Å². The molecule has 0 bridgehead atoms. The van der Waals surface area contributed by atoms with Crippen molar-refractivity contribution in [1.29, 1.82) is 0 Å². The SMILES string of the molecule is Cc1ccc2c(c1)c([N+](=O)[O-])c1n2CCc2ccccc2-1. The van der Waals surface area contributed by atoms with Gasteiger partial charge in [0, 0.05) is 12.1 Å².